The number of rotatable bonds is 1. The molecule has 102 valence electrons. The summed E-state index contributed by atoms with van der Waals surface area (Å²) in [6.07, 6.45) is 0. The minimum atomic E-state index is -1.74. The van der Waals surface area contributed by atoms with E-state index in [1.54, 1.807) is 30.3 Å². The molecule has 0 fully saturated rings. The number of benzene rings is 2. The van der Waals surface area contributed by atoms with Gasteiger partial charge in [-0.2, -0.15) is 0 Å². The summed E-state index contributed by atoms with van der Waals surface area (Å²) in [7, 11) is 0. The number of esters is 1. The lowest BCUT2D eigenvalue weighted by molar-refractivity contribution is -0.147. The van der Waals surface area contributed by atoms with Gasteiger partial charge in [-0.3, -0.25) is 0 Å². The van der Waals surface area contributed by atoms with Gasteiger partial charge in [0.2, 0.25) is 5.60 Å². The zero-order chi connectivity index (χ0) is 14.5. The normalized spacial score (nSPS) is 20.7. The van der Waals surface area contributed by atoms with Crippen LogP contribution >= 0.6 is 15.9 Å². The van der Waals surface area contributed by atoms with Gasteiger partial charge in [0.25, 0.3) is 0 Å². The molecule has 1 N–H and O–H groups in total. The minimum absolute atomic E-state index is 0.430. The standard InChI is InChI=1S/C16H13BrO3/c1-9-8-12-13(10(2)14(9)17)16(19,15(18)20-12)11-6-4-3-5-7-11/h3-8,19H,1-2H3/t16-/m1/s1. The lowest BCUT2D eigenvalue weighted by Crippen LogP contribution is -2.35. The molecule has 0 saturated heterocycles. The van der Waals surface area contributed by atoms with E-state index < -0.39 is 11.6 Å². The van der Waals surface area contributed by atoms with Crippen LogP contribution in [0.25, 0.3) is 0 Å². The van der Waals surface area contributed by atoms with E-state index in [1.165, 1.54) is 0 Å². The third-order valence-electron chi connectivity index (χ3n) is 3.70. The van der Waals surface area contributed by atoms with Crippen molar-refractivity contribution in [1.29, 1.82) is 0 Å². The van der Waals surface area contributed by atoms with Gasteiger partial charge >= 0.3 is 5.97 Å². The first-order valence-electron chi connectivity index (χ1n) is 6.26. The quantitative estimate of drug-likeness (QED) is 0.644. The molecular formula is C16H13BrO3. The average molecular weight is 333 g/mol. The second-order valence-corrected chi connectivity index (χ2v) is 5.76. The van der Waals surface area contributed by atoms with Crippen molar-refractivity contribution >= 4 is 21.9 Å². The van der Waals surface area contributed by atoms with Crippen molar-refractivity contribution in [3.05, 3.63) is 63.1 Å². The molecule has 0 saturated carbocycles. The molecule has 0 aromatic heterocycles. The predicted molar refractivity (Wildman–Crippen MR) is 78.7 cm³/mol. The molecule has 0 radical (unpaired) electrons. The average Bonchev–Trinajstić information content (AvgIpc) is 2.70. The van der Waals surface area contributed by atoms with Crippen molar-refractivity contribution in [3.63, 3.8) is 0 Å². The number of aliphatic hydroxyl groups is 1. The van der Waals surface area contributed by atoms with Gasteiger partial charge in [-0.15, -0.1) is 0 Å². The summed E-state index contributed by atoms with van der Waals surface area (Å²) < 4.78 is 6.16. The number of fused-ring (bicyclic) bond motifs is 1. The van der Waals surface area contributed by atoms with E-state index in [0.29, 0.717) is 16.9 Å². The van der Waals surface area contributed by atoms with E-state index in [4.69, 9.17) is 4.74 Å². The molecule has 2 aromatic rings. The Kier molecular flexibility index (Phi) is 2.96. The number of hydrogen-bond acceptors (Lipinski definition) is 3. The van der Waals surface area contributed by atoms with Crippen molar-refractivity contribution in [2.75, 3.05) is 0 Å². The fraction of sp³-hybridized carbons (Fsp3) is 0.188. The summed E-state index contributed by atoms with van der Waals surface area (Å²) in [6, 6.07) is 10.6. The molecule has 0 amide bonds. The zero-order valence-electron chi connectivity index (χ0n) is 11.1. The Morgan fingerprint density at radius 1 is 1.20 bits per heavy atom. The third-order valence-corrected chi connectivity index (χ3v) is 4.92. The molecular weight excluding hydrogens is 320 g/mol. The molecule has 0 unspecified atom stereocenters. The Balaban J connectivity index is 2.33. The summed E-state index contributed by atoms with van der Waals surface area (Å²) in [5.41, 5.74) is 1.08. The summed E-state index contributed by atoms with van der Waals surface area (Å²) >= 11 is 3.50. The van der Waals surface area contributed by atoms with Crippen molar-refractivity contribution in [2.45, 2.75) is 19.4 Å². The van der Waals surface area contributed by atoms with Crippen LogP contribution in [0.1, 0.15) is 22.3 Å². The molecule has 0 spiro atoms. The highest BCUT2D eigenvalue weighted by molar-refractivity contribution is 9.10. The van der Waals surface area contributed by atoms with Gasteiger partial charge in [0.15, 0.2) is 0 Å². The monoisotopic (exact) mass is 332 g/mol. The second kappa shape index (κ2) is 4.43. The predicted octanol–water partition coefficient (Wildman–Crippen LogP) is 3.22. The van der Waals surface area contributed by atoms with Crippen molar-refractivity contribution in [3.8, 4) is 5.75 Å². The molecule has 3 rings (SSSR count). The maximum atomic E-state index is 12.2. The van der Waals surface area contributed by atoms with E-state index >= 15 is 0 Å². The number of halogens is 1. The van der Waals surface area contributed by atoms with E-state index in [1.807, 2.05) is 19.9 Å². The van der Waals surface area contributed by atoms with Gasteiger partial charge in [-0.1, -0.05) is 46.3 Å². The van der Waals surface area contributed by atoms with Gasteiger partial charge < -0.3 is 9.84 Å². The van der Waals surface area contributed by atoms with Crippen LogP contribution in [0.5, 0.6) is 5.75 Å². The number of ether oxygens (including phenoxy) is 1. The molecule has 1 atom stereocenters. The molecule has 3 nitrogen and oxygen atoms in total. The fourth-order valence-corrected chi connectivity index (χ4v) is 2.98. The van der Waals surface area contributed by atoms with Gasteiger partial charge in [-0.05, 0) is 36.6 Å². The summed E-state index contributed by atoms with van der Waals surface area (Å²) in [5.74, 6) is -0.223. The smallest absolute Gasteiger partial charge is 0.353 e. The molecule has 1 heterocycles. The first-order chi connectivity index (χ1) is 9.46. The SMILES string of the molecule is Cc1cc2c(c(C)c1Br)[C@](O)(c1ccccc1)C(=O)O2. The fourth-order valence-electron chi connectivity index (χ4n) is 2.67. The van der Waals surface area contributed by atoms with Crippen LogP contribution in [-0.2, 0) is 10.4 Å². The maximum absolute atomic E-state index is 12.2. The zero-order valence-corrected chi connectivity index (χ0v) is 12.7. The van der Waals surface area contributed by atoms with Crippen LogP contribution in [0.3, 0.4) is 0 Å². The summed E-state index contributed by atoms with van der Waals surface area (Å²) in [5, 5.41) is 11.0. The van der Waals surface area contributed by atoms with Crippen LogP contribution in [0.2, 0.25) is 0 Å². The van der Waals surface area contributed by atoms with E-state index in [-0.39, 0.29) is 0 Å². The van der Waals surface area contributed by atoms with Crippen LogP contribution in [0, 0.1) is 13.8 Å². The topological polar surface area (TPSA) is 46.5 Å². The highest BCUT2D eigenvalue weighted by Crippen LogP contribution is 2.47. The van der Waals surface area contributed by atoms with E-state index in [2.05, 4.69) is 15.9 Å². The second-order valence-electron chi connectivity index (χ2n) is 4.97. The van der Waals surface area contributed by atoms with E-state index in [0.717, 1.165) is 15.6 Å². The third kappa shape index (κ3) is 1.65. The Morgan fingerprint density at radius 2 is 1.85 bits per heavy atom. The Labute approximate surface area is 125 Å². The van der Waals surface area contributed by atoms with Crippen molar-refractivity contribution in [2.24, 2.45) is 0 Å². The van der Waals surface area contributed by atoms with Crippen molar-refractivity contribution in [1.82, 2.24) is 0 Å². The Morgan fingerprint density at radius 3 is 2.50 bits per heavy atom. The van der Waals surface area contributed by atoms with E-state index in [9.17, 15) is 9.90 Å². The summed E-state index contributed by atoms with van der Waals surface area (Å²) in [6.45, 7) is 3.79. The van der Waals surface area contributed by atoms with Crippen LogP contribution in [0.4, 0.5) is 0 Å². The largest absolute Gasteiger partial charge is 0.423 e. The van der Waals surface area contributed by atoms with Gasteiger partial charge in [0.05, 0.1) is 0 Å². The lowest BCUT2D eigenvalue weighted by atomic mass is 9.84. The van der Waals surface area contributed by atoms with Crippen LogP contribution in [0.15, 0.2) is 40.9 Å². The highest BCUT2D eigenvalue weighted by Gasteiger charge is 2.50. The maximum Gasteiger partial charge on any atom is 0.353 e. The number of hydrogen-bond donors (Lipinski definition) is 1. The molecule has 4 heteroatoms. The highest BCUT2D eigenvalue weighted by atomic mass is 79.9. The van der Waals surface area contributed by atoms with Gasteiger partial charge in [0.1, 0.15) is 5.75 Å². The van der Waals surface area contributed by atoms with Gasteiger partial charge in [-0.25, -0.2) is 4.79 Å². The molecule has 1 aliphatic heterocycles. The molecule has 1 aliphatic rings. The minimum Gasteiger partial charge on any atom is -0.423 e. The Hall–Kier alpha value is -1.65. The summed E-state index contributed by atoms with van der Waals surface area (Å²) in [4.78, 5) is 12.2. The number of aryl methyl sites for hydroxylation is 1. The first-order valence-corrected chi connectivity index (χ1v) is 7.06. The molecule has 0 bridgehead atoms. The number of carbonyl (C=O) groups excluding carboxylic acids is 1. The Bertz CT molecular complexity index is 709. The first kappa shape index (κ1) is 13.3. The van der Waals surface area contributed by atoms with Crippen molar-refractivity contribution < 1.29 is 14.6 Å². The van der Waals surface area contributed by atoms with Crippen LogP contribution < -0.4 is 4.74 Å². The number of carbonyl (C=O) groups is 1. The van der Waals surface area contributed by atoms with Gasteiger partial charge in [0, 0.05) is 10.0 Å². The lowest BCUT2D eigenvalue weighted by Gasteiger charge is -2.22. The molecule has 0 aliphatic carbocycles. The van der Waals surface area contributed by atoms with Crippen LogP contribution in [-0.4, -0.2) is 11.1 Å². The molecule has 2 aromatic carbocycles. The molecule has 20 heavy (non-hydrogen) atoms.